The standard InChI is InChI=1S/C21H13ClN4O3/c1-12-9-20(27)29-16-11-17(15(22)10-14(12)16)28-19-8-7-18-23-24-21(26(18)25-19)13-5-3-2-4-6-13/h2-11H,1H3. The van der Waals surface area contributed by atoms with Crippen LogP contribution < -0.4 is 10.4 Å². The maximum atomic E-state index is 11.7. The third-order valence-electron chi connectivity index (χ3n) is 4.49. The van der Waals surface area contributed by atoms with E-state index in [9.17, 15) is 4.79 Å². The zero-order valence-electron chi connectivity index (χ0n) is 15.2. The lowest BCUT2D eigenvalue weighted by Crippen LogP contribution is -2.00. The zero-order chi connectivity index (χ0) is 20.0. The van der Waals surface area contributed by atoms with Crippen LogP contribution in [0.15, 0.2) is 69.9 Å². The van der Waals surface area contributed by atoms with Crippen LogP contribution in [0.1, 0.15) is 5.56 Å². The fourth-order valence-corrected chi connectivity index (χ4v) is 3.31. The molecule has 142 valence electrons. The van der Waals surface area contributed by atoms with Gasteiger partial charge >= 0.3 is 5.63 Å². The summed E-state index contributed by atoms with van der Waals surface area (Å²) in [6.07, 6.45) is 0. The van der Waals surface area contributed by atoms with Crippen molar-refractivity contribution in [2.24, 2.45) is 0 Å². The van der Waals surface area contributed by atoms with Crippen molar-refractivity contribution in [2.45, 2.75) is 6.92 Å². The van der Waals surface area contributed by atoms with Gasteiger partial charge in [0.15, 0.2) is 17.2 Å². The molecule has 0 saturated carbocycles. The molecule has 0 N–H and O–H groups in total. The van der Waals surface area contributed by atoms with Crippen molar-refractivity contribution in [3.05, 3.63) is 81.7 Å². The second-order valence-corrected chi connectivity index (χ2v) is 6.87. The van der Waals surface area contributed by atoms with Gasteiger partial charge < -0.3 is 9.15 Å². The number of rotatable bonds is 3. The van der Waals surface area contributed by atoms with Crippen molar-refractivity contribution in [1.29, 1.82) is 0 Å². The fraction of sp³-hybridized carbons (Fsp3) is 0.0476. The Morgan fingerprint density at radius 2 is 1.86 bits per heavy atom. The summed E-state index contributed by atoms with van der Waals surface area (Å²) in [4.78, 5) is 11.7. The Morgan fingerprint density at radius 3 is 2.69 bits per heavy atom. The SMILES string of the molecule is Cc1cc(=O)oc2cc(Oc3ccc4nnc(-c5ccccc5)n4n3)c(Cl)cc12. The Hall–Kier alpha value is -3.71. The quantitative estimate of drug-likeness (QED) is 0.407. The van der Waals surface area contributed by atoms with Crippen molar-refractivity contribution in [1.82, 2.24) is 19.8 Å². The molecule has 0 aliphatic carbocycles. The number of hydrogen-bond acceptors (Lipinski definition) is 6. The summed E-state index contributed by atoms with van der Waals surface area (Å²) in [5.74, 6) is 1.22. The van der Waals surface area contributed by atoms with Crippen LogP contribution in [0.5, 0.6) is 11.6 Å². The first kappa shape index (κ1) is 17.4. The van der Waals surface area contributed by atoms with Gasteiger partial charge in [-0.15, -0.1) is 15.3 Å². The first-order valence-corrected chi connectivity index (χ1v) is 9.16. The molecule has 0 aliphatic rings. The minimum absolute atomic E-state index is 0.297. The van der Waals surface area contributed by atoms with Crippen LogP contribution in [0, 0.1) is 6.92 Å². The number of aromatic nitrogens is 4. The van der Waals surface area contributed by atoms with Gasteiger partial charge in [-0.05, 0) is 24.6 Å². The predicted molar refractivity (Wildman–Crippen MR) is 109 cm³/mol. The highest BCUT2D eigenvalue weighted by Crippen LogP contribution is 2.33. The lowest BCUT2D eigenvalue weighted by Gasteiger charge is -2.09. The molecule has 5 aromatic rings. The molecule has 0 spiro atoms. The largest absolute Gasteiger partial charge is 0.436 e. The van der Waals surface area contributed by atoms with Gasteiger partial charge in [0.2, 0.25) is 5.88 Å². The summed E-state index contributed by atoms with van der Waals surface area (Å²) in [6, 6.07) is 17.8. The van der Waals surface area contributed by atoms with E-state index < -0.39 is 5.63 Å². The minimum Gasteiger partial charge on any atom is -0.436 e. The van der Waals surface area contributed by atoms with E-state index in [0.717, 1.165) is 16.5 Å². The second kappa shape index (κ2) is 6.72. The highest BCUT2D eigenvalue weighted by molar-refractivity contribution is 6.32. The van der Waals surface area contributed by atoms with E-state index >= 15 is 0 Å². The van der Waals surface area contributed by atoms with Gasteiger partial charge in [-0.25, -0.2) is 4.79 Å². The molecule has 0 fully saturated rings. The van der Waals surface area contributed by atoms with E-state index in [-0.39, 0.29) is 0 Å². The Labute approximate surface area is 169 Å². The Balaban J connectivity index is 1.58. The average Bonchev–Trinajstić information content (AvgIpc) is 3.13. The van der Waals surface area contributed by atoms with Gasteiger partial charge in [0, 0.05) is 29.1 Å². The zero-order valence-corrected chi connectivity index (χ0v) is 15.9. The second-order valence-electron chi connectivity index (χ2n) is 6.46. The van der Waals surface area contributed by atoms with Gasteiger partial charge in [0.1, 0.15) is 5.58 Å². The van der Waals surface area contributed by atoms with Crippen LogP contribution in [0.4, 0.5) is 0 Å². The van der Waals surface area contributed by atoms with Crippen molar-refractivity contribution in [3.8, 4) is 23.0 Å². The molecule has 0 aliphatic heterocycles. The first-order chi connectivity index (χ1) is 14.1. The molecule has 0 atom stereocenters. The van der Waals surface area contributed by atoms with E-state index in [1.807, 2.05) is 37.3 Å². The lowest BCUT2D eigenvalue weighted by atomic mass is 10.1. The molecule has 2 aromatic carbocycles. The number of hydrogen-bond donors (Lipinski definition) is 0. The van der Waals surface area contributed by atoms with E-state index in [4.69, 9.17) is 20.8 Å². The maximum absolute atomic E-state index is 11.7. The molecule has 0 amide bonds. The summed E-state index contributed by atoms with van der Waals surface area (Å²) >= 11 is 6.39. The molecular weight excluding hydrogens is 392 g/mol. The maximum Gasteiger partial charge on any atom is 0.336 e. The van der Waals surface area contributed by atoms with Gasteiger partial charge in [0.05, 0.1) is 5.02 Å². The van der Waals surface area contributed by atoms with Crippen LogP contribution in [0.2, 0.25) is 5.02 Å². The van der Waals surface area contributed by atoms with Gasteiger partial charge in [-0.3, -0.25) is 0 Å². The molecule has 0 bridgehead atoms. The number of benzene rings is 2. The fourth-order valence-electron chi connectivity index (χ4n) is 3.10. The summed E-state index contributed by atoms with van der Waals surface area (Å²) in [5.41, 5.74) is 2.21. The van der Waals surface area contributed by atoms with Crippen molar-refractivity contribution >= 4 is 28.2 Å². The molecule has 3 aromatic heterocycles. The van der Waals surface area contributed by atoms with Crippen LogP contribution in [-0.4, -0.2) is 19.8 Å². The smallest absolute Gasteiger partial charge is 0.336 e. The average molecular weight is 405 g/mol. The van der Waals surface area contributed by atoms with E-state index in [0.29, 0.717) is 33.7 Å². The molecule has 0 saturated heterocycles. The summed E-state index contributed by atoms with van der Waals surface area (Å²) in [7, 11) is 0. The van der Waals surface area contributed by atoms with E-state index in [1.54, 1.807) is 28.8 Å². The van der Waals surface area contributed by atoms with Crippen LogP contribution >= 0.6 is 11.6 Å². The molecule has 0 radical (unpaired) electrons. The minimum atomic E-state index is -0.431. The highest BCUT2D eigenvalue weighted by Gasteiger charge is 2.13. The molecular formula is C21H13ClN4O3. The molecule has 0 unspecified atom stereocenters. The Bertz CT molecular complexity index is 1430. The van der Waals surface area contributed by atoms with E-state index in [1.165, 1.54) is 6.07 Å². The molecule has 7 nitrogen and oxygen atoms in total. The van der Waals surface area contributed by atoms with E-state index in [2.05, 4.69) is 15.3 Å². The van der Waals surface area contributed by atoms with Crippen molar-refractivity contribution < 1.29 is 9.15 Å². The van der Waals surface area contributed by atoms with Gasteiger partial charge in [0.25, 0.3) is 0 Å². The molecule has 5 rings (SSSR count). The van der Waals surface area contributed by atoms with Crippen molar-refractivity contribution in [2.75, 3.05) is 0 Å². The first-order valence-electron chi connectivity index (χ1n) is 8.78. The molecule has 29 heavy (non-hydrogen) atoms. The third-order valence-corrected chi connectivity index (χ3v) is 4.78. The number of aryl methyl sites for hydroxylation is 1. The number of ether oxygens (including phenoxy) is 1. The summed E-state index contributed by atoms with van der Waals surface area (Å²) in [5, 5.41) is 14.0. The van der Waals surface area contributed by atoms with Crippen LogP contribution in [0.25, 0.3) is 28.0 Å². The number of fused-ring (bicyclic) bond motifs is 2. The van der Waals surface area contributed by atoms with Crippen LogP contribution in [-0.2, 0) is 0 Å². The number of nitrogens with zero attached hydrogens (tertiary/aromatic N) is 4. The Kier molecular flexibility index (Phi) is 4.03. The molecule has 3 heterocycles. The van der Waals surface area contributed by atoms with Crippen LogP contribution in [0.3, 0.4) is 0 Å². The predicted octanol–water partition coefficient (Wildman–Crippen LogP) is 4.65. The molecule has 8 heteroatoms. The van der Waals surface area contributed by atoms with Crippen molar-refractivity contribution in [3.63, 3.8) is 0 Å². The topological polar surface area (TPSA) is 82.5 Å². The summed E-state index contributed by atoms with van der Waals surface area (Å²) in [6.45, 7) is 1.82. The Morgan fingerprint density at radius 1 is 1.03 bits per heavy atom. The van der Waals surface area contributed by atoms with Gasteiger partial charge in [-0.1, -0.05) is 41.9 Å². The van der Waals surface area contributed by atoms with Gasteiger partial charge in [-0.2, -0.15) is 4.52 Å². The highest BCUT2D eigenvalue weighted by atomic mass is 35.5. The normalized spacial score (nSPS) is 11.2. The third kappa shape index (κ3) is 3.11. The summed E-state index contributed by atoms with van der Waals surface area (Å²) < 4.78 is 12.8. The monoisotopic (exact) mass is 404 g/mol. The number of halogens is 1. The lowest BCUT2D eigenvalue weighted by molar-refractivity contribution is 0.451.